The predicted molar refractivity (Wildman–Crippen MR) is 115 cm³/mol. The Balaban J connectivity index is 1.51. The summed E-state index contributed by atoms with van der Waals surface area (Å²) in [7, 11) is 1.68. The molecule has 154 valence electrons. The van der Waals surface area contributed by atoms with Crippen molar-refractivity contribution < 1.29 is 9.53 Å². The zero-order chi connectivity index (χ0) is 20.8. The Labute approximate surface area is 177 Å². The first-order valence-electron chi connectivity index (χ1n) is 9.89. The van der Waals surface area contributed by atoms with Gasteiger partial charge in [-0.25, -0.2) is 0 Å². The number of methoxy groups -OCH3 is 1. The number of nitrogens with one attached hydrogen (secondary N) is 2. The van der Waals surface area contributed by atoms with E-state index in [-0.39, 0.29) is 11.9 Å². The topological polar surface area (TPSA) is 97.7 Å². The van der Waals surface area contributed by atoms with Gasteiger partial charge in [0.1, 0.15) is 17.1 Å². The van der Waals surface area contributed by atoms with Crippen LogP contribution in [0.5, 0.6) is 5.75 Å². The number of aryl methyl sites for hydroxylation is 2. The number of ether oxygens (including phenoxy) is 1. The Hall–Kier alpha value is -3.20. The molecule has 4 aromatic rings. The molecule has 2 N–H and O–H groups in total. The number of carbonyl (C=O) groups excluding carboxylic acids is 1. The normalized spacial score (nSPS) is 15.9. The van der Waals surface area contributed by atoms with Gasteiger partial charge in [-0.3, -0.25) is 4.79 Å². The van der Waals surface area contributed by atoms with Gasteiger partial charge in [0, 0.05) is 21.5 Å². The fraction of sp³-hybridized carbons (Fsp3) is 0.333. The van der Waals surface area contributed by atoms with Crippen molar-refractivity contribution in [3.8, 4) is 10.8 Å². The fourth-order valence-corrected chi connectivity index (χ4v) is 5.31. The van der Waals surface area contributed by atoms with Crippen LogP contribution in [0.4, 0.5) is 0 Å². The van der Waals surface area contributed by atoms with E-state index in [4.69, 9.17) is 4.74 Å². The molecule has 0 saturated carbocycles. The van der Waals surface area contributed by atoms with Crippen molar-refractivity contribution >= 4 is 28.1 Å². The van der Waals surface area contributed by atoms with E-state index in [0.29, 0.717) is 5.56 Å². The minimum Gasteiger partial charge on any atom is -0.497 e. The van der Waals surface area contributed by atoms with Gasteiger partial charge in [0.15, 0.2) is 0 Å². The van der Waals surface area contributed by atoms with Crippen LogP contribution in [-0.2, 0) is 6.42 Å². The van der Waals surface area contributed by atoms with Gasteiger partial charge in [-0.2, -0.15) is 4.68 Å². The molecule has 30 heavy (non-hydrogen) atoms. The Bertz CT molecular complexity index is 1240. The first-order chi connectivity index (χ1) is 14.6. The molecular weight excluding hydrogens is 400 g/mol. The second-order valence-electron chi connectivity index (χ2n) is 7.56. The molecule has 1 atom stereocenters. The Morgan fingerprint density at radius 3 is 3.00 bits per heavy atom. The molecule has 0 unspecified atom stereocenters. The third-order valence-corrected chi connectivity index (χ3v) is 7.07. The Morgan fingerprint density at radius 2 is 2.23 bits per heavy atom. The summed E-state index contributed by atoms with van der Waals surface area (Å²) >= 11 is 1.52. The molecule has 0 fully saturated rings. The van der Waals surface area contributed by atoms with Crippen molar-refractivity contribution in [2.45, 2.75) is 39.2 Å². The van der Waals surface area contributed by atoms with Crippen LogP contribution in [0, 0.1) is 13.8 Å². The summed E-state index contributed by atoms with van der Waals surface area (Å²) in [5.74, 6) is 0.738. The molecule has 0 radical (unpaired) electrons. The van der Waals surface area contributed by atoms with Crippen molar-refractivity contribution in [2.24, 2.45) is 0 Å². The van der Waals surface area contributed by atoms with Gasteiger partial charge >= 0.3 is 0 Å². The molecule has 0 spiro atoms. The lowest BCUT2D eigenvalue weighted by molar-refractivity contribution is 0.0931. The molecule has 3 heterocycles. The molecule has 0 bridgehead atoms. The SMILES string of the molecule is COc1ccc2[nH]c3c(c2c1)CCC[C@H]3NC(=O)c1c(-n2cnnn2)sc(C)c1C. The molecule has 3 aromatic heterocycles. The number of rotatable bonds is 4. The molecule has 8 nitrogen and oxygen atoms in total. The number of thiophene rings is 1. The number of aromatic amines is 1. The van der Waals surface area contributed by atoms with E-state index in [0.717, 1.165) is 51.7 Å². The molecule has 0 saturated heterocycles. The number of H-pyrrole nitrogens is 1. The number of aromatic nitrogens is 5. The van der Waals surface area contributed by atoms with E-state index in [2.05, 4.69) is 31.9 Å². The lowest BCUT2D eigenvalue weighted by atomic mass is 9.91. The second kappa shape index (κ2) is 7.24. The van der Waals surface area contributed by atoms with E-state index < -0.39 is 0 Å². The highest BCUT2D eigenvalue weighted by molar-refractivity contribution is 7.15. The zero-order valence-corrected chi connectivity index (χ0v) is 17.8. The number of benzene rings is 1. The molecule has 1 aromatic carbocycles. The van der Waals surface area contributed by atoms with Gasteiger partial charge in [0.2, 0.25) is 0 Å². The molecule has 5 rings (SSSR count). The van der Waals surface area contributed by atoms with Crippen molar-refractivity contribution in [3.05, 3.63) is 51.8 Å². The van der Waals surface area contributed by atoms with Gasteiger partial charge in [-0.15, -0.1) is 16.4 Å². The number of tetrazole rings is 1. The number of nitrogens with zero attached hydrogens (tertiary/aromatic N) is 4. The van der Waals surface area contributed by atoms with Crippen LogP contribution >= 0.6 is 11.3 Å². The van der Waals surface area contributed by atoms with Crippen LogP contribution in [-0.4, -0.2) is 38.2 Å². The maximum absolute atomic E-state index is 13.4. The zero-order valence-electron chi connectivity index (χ0n) is 17.0. The summed E-state index contributed by atoms with van der Waals surface area (Å²) in [4.78, 5) is 18.0. The standard InChI is InChI=1S/C21H22N6O2S/c1-11-12(2)30-21(27-10-22-25-26-27)18(11)20(28)24-17-6-4-5-14-15-9-13(29-3)7-8-16(15)23-19(14)17/h7-10,17,23H,4-6H2,1-3H3,(H,24,28)/t17-/m1/s1. The number of hydrogen-bond acceptors (Lipinski definition) is 6. The van der Waals surface area contributed by atoms with E-state index in [1.54, 1.807) is 11.8 Å². The van der Waals surface area contributed by atoms with Crippen LogP contribution in [0.1, 0.15) is 50.9 Å². The van der Waals surface area contributed by atoms with Crippen molar-refractivity contribution in [1.29, 1.82) is 0 Å². The second-order valence-corrected chi connectivity index (χ2v) is 8.77. The van der Waals surface area contributed by atoms with Gasteiger partial charge in [-0.05, 0) is 72.9 Å². The Kier molecular flexibility index (Phi) is 4.54. The van der Waals surface area contributed by atoms with Gasteiger partial charge in [-0.1, -0.05) is 0 Å². The molecule has 1 aliphatic carbocycles. The number of fused-ring (bicyclic) bond motifs is 3. The third-order valence-electron chi connectivity index (χ3n) is 5.87. The minimum absolute atomic E-state index is 0.0685. The van der Waals surface area contributed by atoms with Crippen molar-refractivity contribution in [3.63, 3.8) is 0 Å². The minimum atomic E-state index is -0.101. The quantitative estimate of drug-likeness (QED) is 0.523. The van der Waals surface area contributed by atoms with Gasteiger partial charge in [0.25, 0.3) is 5.91 Å². The lowest BCUT2D eigenvalue weighted by Gasteiger charge is -2.24. The van der Waals surface area contributed by atoms with Crippen LogP contribution in [0.2, 0.25) is 0 Å². The first kappa shape index (κ1) is 18.8. The molecule has 1 aliphatic rings. The fourth-order valence-electron chi connectivity index (χ4n) is 4.24. The summed E-state index contributed by atoms with van der Waals surface area (Å²) < 4.78 is 6.95. The highest BCUT2D eigenvalue weighted by Gasteiger charge is 2.29. The summed E-state index contributed by atoms with van der Waals surface area (Å²) in [6.07, 6.45) is 4.42. The van der Waals surface area contributed by atoms with Crippen LogP contribution in [0.15, 0.2) is 24.5 Å². The average Bonchev–Trinajstić information content (AvgIpc) is 3.46. The third kappa shape index (κ3) is 2.97. The summed E-state index contributed by atoms with van der Waals surface area (Å²) in [6, 6.07) is 5.99. The summed E-state index contributed by atoms with van der Waals surface area (Å²) in [5, 5.41) is 16.6. The summed E-state index contributed by atoms with van der Waals surface area (Å²) in [5.41, 5.74) is 5.01. The van der Waals surface area contributed by atoms with Gasteiger partial charge in [0.05, 0.1) is 18.7 Å². The Morgan fingerprint density at radius 1 is 1.37 bits per heavy atom. The smallest absolute Gasteiger partial charge is 0.255 e. The van der Waals surface area contributed by atoms with E-state index >= 15 is 0 Å². The average molecular weight is 423 g/mol. The monoisotopic (exact) mass is 422 g/mol. The van der Waals surface area contributed by atoms with Crippen LogP contribution in [0.25, 0.3) is 15.9 Å². The van der Waals surface area contributed by atoms with E-state index in [1.807, 2.05) is 26.0 Å². The predicted octanol–water partition coefficient (Wildman–Crippen LogP) is 3.64. The first-order valence-corrected chi connectivity index (χ1v) is 10.7. The summed E-state index contributed by atoms with van der Waals surface area (Å²) in [6.45, 7) is 3.98. The van der Waals surface area contributed by atoms with Crippen LogP contribution < -0.4 is 10.1 Å². The van der Waals surface area contributed by atoms with Crippen molar-refractivity contribution in [2.75, 3.05) is 7.11 Å². The van der Waals surface area contributed by atoms with E-state index in [9.17, 15) is 4.79 Å². The number of hydrogen-bond donors (Lipinski definition) is 2. The van der Waals surface area contributed by atoms with Crippen LogP contribution in [0.3, 0.4) is 0 Å². The molecular formula is C21H22N6O2S. The molecule has 1 amide bonds. The molecule has 9 heteroatoms. The number of amides is 1. The largest absolute Gasteiger partial charge is 0.497 e. The lowest BCUT2D eigenvalue weighted by Crippen LogP contribution is -2.31. The van der Waals surface area contributed by atoms with Gasteiger partial charge < -0.3 is 15.0 Å². The molecule has 0 aliphatic heterocycles. The number of carbonyl (C=O) groups is 1. The highest BCUT2D eigenvalue weighted by atomic mass is 32.1. The maximum atomic E-state index is 13.4. The van der Waals surface area contributed by atoms with E-state index in [1.165, 1.54) is 28.6 Å². The van der Waals surface area contributed by atoms with Crippen molar-refractivity contribution in [1.82, 2.24) is 30.5 Å². The maximum Gasteiger partial charge on any atom is 0.255 e. The highest BCUT2D eigenvalue weighted by Crippen LogP contribution is 2.37.